The second-order valence-corrected chi connectivity index (χ2v) is 8.45. The number of carbonyl (C=O) groups excluding carboxylic acids is 2. The summed E-state index contributed by atoms with van der Waals surface area (Å²) in [6.45, 7) is 1.76. The number of amides is 2. The van der Waals surface area contributed by atoms with Gasteiger partial charge in [-0.05, 0) is 50.9 Å². The van der Waals surface area contributed by atoms with Gasteiger partial charge in [0.1, 0.15) is 0 Å². The molecule has 1 aliphatic carbocycles. The summed E-state index contributed by atoms with van der Waals surface area (Å²) in [5.41, 5.74) is 1.08. The lowest BCUT2D eigenvalue weighted by Crippen LogP contribution is -2.45. The van der Waals surface area contributed by atoms with Gasteiger partial charge in [0.05, 0.1) is 27.7 Å². The summed E-state index contributed by atoms with van der Waals surface area (Å²) >= 11 is 1.79. The van der Waals surface area contributed by atoms with Crippen molar-refractivity contribution in [3.05, 3.63) is 29.3 Å². The minimum atomic E-state index is -0.218. The van der Waals surface area contributed by atoms with Crippen LogP contribution in [0.3, 0.4) is 0 Å². The second kappa shape index (κ2) is 5.88. The number of carbonyl (C=O) groups is 2. The molecule has 5 nitrogen and oxygen atoms in total. The Morgan fingerprint density at radius 2 is 1.80 bits per heavy atom. The molecule has 2 aromatic rings. The van der Waals surface area contributed by atoms with Crippen LogP contribution in [-0.2, 0) is 9.59 Å². The molecule has 3 aliphatic rings. The molecule has 1 aromatic heterocycles. The van der Waals surface area contributed by atoms with Crippen LogP contribution in [0.5, 0.6) is 0 Å². The minimum absolute atomic E-state index is 0.0331. The highest BCUT2D eigenvalue weighted by molar-refractivity contribution is 7.18. The molecule has 130 valence electrons. The monoisotopic (exact) mass is 355 g/mol. The van der Waals surface area contributed by atoms with Gasteiger partial charge in [-0.25, -0.2) is 4.98 Å². The molecule has 2 amide bonds. The van der Waals surface area contributed by atoms with Crippen molar-refractivity contribution in [2.75, 3.05) is 13.1 Å². The Hall–Kier alpha value is -1.79. The van der Waals surface area contributed by atoms with Crippen molar-refractivity contribution in [1.82, 2.24) is 14.8 Å². The van der Waals surface area contributed by atoms with Crippen molar-refractivity contribution in [3.63, 3.8) is 0 Å². The number of piperidine rings is 1. The fourth-order valence-corrected chi connectivity index (χ4v) is 5.30. The molecule has 0 unspecified atom stereocenters. The summed E-state index contributed by atoms with van der Waals surface area (Å²) in [4.78, 5) is 33.4. The molecule has 2 saturated heterocycles. The summed E-state index contributed by atoms with van der Waals surface area (Å²) in [5.74, 6) is 0.553. The van der Waals surface area contributed by atoms with Crippen molar-refractivity contribution in [2.24, 2.45) is 0 Å². The van der Waals surface area contributed by atoms with Crippen molar-refractivity contribution >= 4 is 33.4 Å². The van der Waals surface area contributed by atoms with Crippen LogP contribution in [0.25, 0.3) is 10.2 Å². The van der Waals surface area contributed by atoms with Crippen molar-refractivity contribution in [1.29, 1.82) is 0 Å². The standard InChI is InChI=1S/C19H21N3O2S/c23-17-11-15(19(24)22(17)13-5-6-13)21-9-7-12(8-10-21)18-20-14-3-1-2-4-16(14)25-18/h1-4,12-13,15H,5-11H2/t15-/m0/s1. The normalized spacial score (nSPS) is 26.1. The number of hydrogen-bond acceptors (Lipinski definition) is 5. The van der Waals surface area contributed by atoms with E-state index < -0.39 is 0 Å². The molecule has 5 rings (SSSR count). The zero-order valence-electron chi connectivity index (χ0n) is 14.1. The van der Waals surface area contributed by atoms with E-state index in [-0.39, 0.29) is 23.9 Å². The zero-order valence-corrected chi connectivity index (χ0v) is 14.9. The number of imide groups is 1. The molecule has 0 radical (unpaired) electrons. The fourth-order valence-electron chi connectivity index (χ4n) is 4.16. The van der Waals surface area contributed by atoms with E-state index >= 15 is 0 Å². The highest BCUT2D eigenvalue weighted by Gasteiger charge is 2.48. The first-order valence-electron chi connectivity index (χ1n) is 9.16. The molecule has 3 heterocycles. The van der Waals surface area contributed by atoms with Gasteiger partial charge in [-0.3, -0.25) is 19.4 Å². The molecule has 6 heteroatoms. The highest BCUT2D eigenvalue weighted by atomic mass is 32.1. The van der Waals surface area contributed by atoms with E-state index in [2.05, 4.69) is 23.1 Å². The van der Waals surface area contributed by atoms with Gasteiger partial charge in [-0.15, -0.1) is 11.3 Å². The SMILES string of the molecule is O=C1C[C@H](N2CCC(c3nc4ccccc4s3)CC2)C(=O)N1C1CC1. The molecule has 2 aliphatic heterocycles. The minimum Gasteiger partial charge on any atom is -0.291 e. The Balaban J connectivity index is 1.27. The van der Waals surface area contributed by atoms with Gasteiger partial charge in [-0.1, -0.05) is 12.1 Å². The first-order valence-corrected chi connectivity index (χ1v) is 9.98. The van der Waals surface area contributed by atoms with Crippen molar-refractivity contribution < 1.29 is 9.59 Å². The zero-order chi connectivity index (χ0) is 17.0. The van der Waals surface area contributed by atoms with Crippen LogP contribution >= 0.6 is 11.3 Å². The number of benzene rings is 1. The van der Waals surface area contributed by atoms with Gasteiger partial charge in [0.25, 0.3) is 0 Å². The van der Waals surface area contributed by atoms with Crippen LogP contribution in [0.15, 0.2) is 24.3 Å². The molecule has 0 spiro atoms. The number of para-hydroxylation sites is 1. The largest absolute Gasteiger partial charge is 0.291 e. The smallest absolute Gasteiger partial charge is 0.247 e. The van der Waals surface area contributed by atoms with E-state index in [1.54, 1.807) is 16.2 Å². The molecule has 1 aromatic carbocycles. The van der Waals surface area contributed by atoms with Gasteiger partial charge in [0.15, 0.2) is 0 Å². The van der Waals surface area contributed by atoms with Crippen LogP contribution in [0.1, 0.15) is 43.0 Å². The Morgan fingerprint density at radius 1 is 1.04 bits per heavy atom. The maximum atomic E-state index is 12.6. The number of fused-ring (bicyclic) bond motifs is 1. The summed E-state index contributed by atoms with van der Waals surface area (Å²) in [6, 6.07) is 8.26. The van der Waals surface area contributed by atoms with E-state index in [1.807, 2.05) is 6.07 Å². The predicted octanol–water partition coefficient (Wildman–Crippen LogP) is 2.77. The predicted molar refractivity (Wildman–Crippen MR) is 96.4 cm³/mol. The van der Waals surface area contributed by atoms with Gasteiger partial charge in [-0.2, -0.15) is 0 Å². The van der Waals surface area contributed by atoms with Crippen LogP contribution < -0.4 is 0 Å². The van der Waals surface area contributed by atoms with Crippen LogP contribution in [0.2, 0.25) is 0 Å². The molecular weight excluding hydrogens is 334 g/mol. The molecule has 3 fully saturated rings. The van der Waals surface area contributed by atoms with Crippen LogP contribution in [0, 0.1) is 0 Å². The number of aromatic nitrogens is 1. The van der Waals surface area contributed by atoms with Gasteiger partial charge in [0.2, 0.25) is 11.8 Å². The molecule has 0 N–H and O–H groups in total. The topological polar surface area (TPSA) is 53.5 Å². The van der Waals surface area contributed by atoms with Crippen LogP contribution in [0.4, 0.5) is 0 Å². The quantitative estimate of drug-likeness (QED) is 0.795. The Kier molecular flexibility index (Phi) is 3.64. The highest BCUT2D eigenvalue weighted by Crippen LogP contribution is 2.37. The number of hydrogen-bond donors (Lipinski definition) is 0. The second-order valence-electron chi connectivity index (χ2n) is 7.38. The van der Waals surface area contributed by atoms with E-state index in [1.165, 1.54) is 9.71 Å². The average Bonchev–Trinajstić information content (AvgIpc) is 3.28. The number of nitrogens with zero attached hydrogens (tertiary/aromatic N) is 3. The average molecular weight is 355 g/mol. The Morgan fingerprint density at radius 3 is 2.52 bits per heavy atom. The lowest BCUT2D eigenvalue weighted by Gasteiger charge is -2.34. The maximum absolute atomic E-state index is 12.6. The Labute approximate surface area is 150 Å². The number of rotatable bonds is 3. The van der Waals surface area contributed by atoms with E-state index in [0.29, 0.717) is 12.3 Å². The molecule has 0 bridgehead atoms. The fraction of sp³-hybridized carbons (Fsp3) is 0.526. The van der Waals surface area contributed by atoms with E-state index in [9.17, 15) is 9.59 Å². The van der Waals surface area contributed by atoms with E-state index in [4.69, 9.17) is 4.98 Å². The molecule has 1 saturated carbocycles. The lowest BCUT2D eigenvalue weighted by molar-refractivity contribution is -0.140. The van der Waals surface area contributed by atoms with E-state index in [0.717, 1.165) is 44.3 Å². The maximum Gasteiger partial charge on any atom is 0.247 e. The third-order valence-electron chi connectivity index (χ3n) is 5.70. The third-order valence-corrected chi connectivity index (χ3v) is 6.90. The van der Waals surface area contributed by atoms with Gasteiger partial charge < -0.3 is 0 Å². The number of likely N-dealkylation sites (tertiary alicyclic amines) is 2. The van der Waals surface area contributed by atoms with Gasteiger partial charge in [0, 0.05) is 12.0 Å². The summed E-state index contributed by atoms with van der Waals surface area (Å²) in [6.07, 6.45) is 4.39. The summed E-state index contributed by atoms with van der Waals surface area (Å²) in [5, 5.41) is 1.22. The molecular formula is C19H21N3O2S. The first-order chi connectivity index (χ1) is 12.2. The molecule has 25 heavy (non-hydrogen) atoms. The first kappa shape index (κ1) is 15.5. The third kappa shape index (κ3) is 2.68. The van der Waals surface area contributed by atoms with Crippen molar-refractivity contribution in [2.45, 2.75) is 50.1 Å². The lowest BCUT2D eigenvalue weighted by atomic mass is 9.96. The van der Waals surface area contributed by atoms with Gasteiger partial charge >= 0.3 is 0 Å². The molecule has 1 atom stereocenters. The number of thiazole rings is 1. The Bertz CT molecular complexity index is 803. The van der Waals surface area contributed by atoms with Crippen molar-refractivity contribution in [3.8, 4) is 0 Å². The van der Waals surface area contributed by atoms with Crippen LogP contribution in [-0.4, -0.2) is 51.8 Å². The summed E-state index contributed by atoms with van der Waals surface area (Å²) < 4.78 is 1.25. The summed E-state index contributed by atoms with van der Waals surface area (Å²) in [7, 11) is 0.